The fraction of sp³-hybridized carbons (Fsp3) is 0.611. The van der Waals surface area contributed by atoms with E-state index in [1.54, 1.807) is 4.90 Å². The van der Waals surface area contributed by atoms with Crippen molar-refractivity contribution >= 4 is 6.09 Å². The molecule has 1 aliphatic rings. The summed E-state index contributed by atoms with van der Waals surface area (Å²) in [4.78, 5) is 13.8. The minimum atomic E-state index is -0.552. The van der Waals surface area contributed by atoms with Crippen molar-refractivity contribution in [3.63, 3.8) is 0 Å². The van der Waals surface area contributed by atoms with Crippen LogP contribution >= 0.6 is 0 Å². The zero-order chi connectivity index (χ0) is 17.6. The van der Waals surface area contributed by atoms with E-state index < -0.39 is 17.8 Å². The summed E-state index contributed by atoms with van der Waals surface area (Å²) >= 11 is 0. The van der Waals surface area contributed by atoms with Gasteiger partial charge in [0.25, 0.3) is 0 Å². The first-order valence-corrected chi connectivity index (χ1v) is 8.23. The Morgan fingerprint density at radius 1 is 1.25 bits per heavy atom. The largest absolute Gasteiger partial charge is 0.444 e. The van der Waals surface area contributed by atoms with Gasteiger partial charge in [-0.2, -0.15) is 0 Å². The molecule has 134 valence electrons. The van der Waals surface area contributed by atoms with E-state index in [-0.39, 0.29) is 12.7 Å². The van der Waals surface area contributed by atoms with Crippen molar-refractivity contribution in [1.82, 2.24) is 4.90 Å². The standard InChI is InChI=1S/C18H27NO5/c1-18(2,3)24-17(21)19-9-15(11-20)23-16(10-19)13-22-12-14-7-5-4-6-8-14/h4-8,15-16,20H,9-13H2,1-3H3/t15-,16+/m1/s1. The molecule has 0 bridgehead atoms. The molecule has 6 heteroatoms. The minimum Gasteiger partial charge on any atom is -0.444 e. The van der Waals surface area contributed by atoms with Crippen molar-refractivity contribution in [2.45, 2.75) is 45.2 Å². The van der Waals surface area contributed by atoms with Gasteiger partial charge in [0.2, 0.25) is 0 Å². The predicted molar refractivity (Wildman–Crippen MR) is 89.7 cm³/mol. The molecular formula is C18H27NO5. The number of aliphatic hydroxyl groups excluding tert-OH is 1. The number of carbonyl (C=O) groups excluding carboxylic acids is 1. The number of morpholine rings is 1. The van der Waals surface area contributed by atoms with Gasteiger partial charge in [-0.1, -0.05) is 30.3 Å². The van der Waals surface area contributed by atoms with Crippen LogP contribution in [-0.4, -0.2) is 60.2 Å². The molecule has 1 N–H and O–H groups in total. The Bertz CT molecular complexity index is 514. The molecule has 0 saturated carbocycles. The van der Waals surface area contributed by atoms with Gasteiger partial charge in [-0.15, -0.1) is 0 Å². The number of ether oxygens (including phenoxy) is 3. The fourth-order valence-corrected chi connectivity index (χ4v) is 2.48. The van der Waals surface area contributed by atoms with Gasteiger partial charge in [0.15, 0.2) is 0 Å². The summed E-state index contributed by atoms with van der Waals surface area (Å²) in [7, 11) is 0. The Morgan fingerprint density at radius 2 is 1.92 bits per heavy atom. The molecule has 0 aromatic heterocycles. The molecule has 0 spiro atoms. The molecular weight excluding hydrogens is 310 g/mol. The number of hydrogen-bond donors (Lipinski definition) is 1. The Labute approximate surface area is 143 Å². The maximum atomic E-state index is 12.2. The van der Waals surface area contributed by atoms with E-state index in [9.17, 15) is 9.90 Å². The van der Waals surface area contributed by atoms with Crippen LogP contribution in [0, 0.1) is 0 Å². The molecule has 1 fully saturated rings. The monoisotopic (exact) mass is 337 g/mol. The summed E-state index contributed by atoms with van der Waals surface area (Å²) in [5.74, 6) is 0. The van der Waals surface area contributed by atoms with E-state index >= 15 is 0 Å². The van der Waals surface area contributed by atoms with Gasteiger partial charge in [0.1, 0.15) is 5.60 Å². The zero-order valence-electron chi connectivity index (χ0n) is 14.6. The highest BCUT2D eigenvalue weighted by Crippen LogP contribution is 2.16. The molecule has 1 aliphatic heterocycles. The SMILES string of the molecule is CC(C)(C)OC(=O)N1C[C@@H](COCc2ccccc2)O[C@@H](CO)C1. The van der Waals surface area contributed by atoms with Gasteiger partial charge >= 0.3 is 6.09 Å². The van der Waals surface area contributed by atoms with Crippen molar-refractivity contribution < 1.29 is 24.1 Å². The van der Waals surface area contributed by atoms with Crippen LogP contribution in [0.15, 0.2) is 30.3 Å². The molecule has 6 nitrogen and oxygen atoms in total. The average Bonchev–Trinajstić information content (AvgIpc) is 2.54. The first kappa shape index (κ1) is 18.7. The van der Waals surface area contributed by atoms with Crippen molar-refractivity contribution in [2.24, 2.45) is 0 Å². The van der Waals surface area contributed by atoms with Gasteiger partial charge in [-0.25, -0.2) is 4.79 Å². The Morgan fingerprint density at radius 3 is 2.54 bits per heavy atom. The maximum Gasteiger partial charge on any atom is 0.410 e. The van der Waals surface area contributed by atoms with Crippen LogP contribution in [-0.2, 0) is 20.8 Å². The topological polar surface area (TPSA) is 68.2 Å². The van der Waals surface area contributed by atoms with Crippen molar-refractivity contribution in [3.05, 3.63) is 35.9 Å². The summed E-state index contributed by atoms with van der Waals surface area (Å²) in [6.45, 7) is 6.89. The summed E-state index contributed by atoms with van der Waals surface area (Å²) in [5, 5.41) is 9.40. The fourth-order valence-electron chi connectivity index (χ4n) is 2.48. The molecule has 2 rings (SSSR count). The molecule has 1 amide bonds. The van der Waals surface area contributed by atoms with E-state index in [0.717, 1.165) is 5.56 Å². The van der Waals surface area contributed by atoms with Crippen molar-refractivity contribution in [3.8, 4) is 0 Å². The number of benzene rings is 1. The van der Waals surface area contributed by atoms with Gasteiger partial charge in [0, 0.05) is 0 Å². The quantitative estimate of drug-likeness (QED) is 0.892. The Kier molecular flexibility index (Phi) is 6.60. The molecule has 1 saturated heterocycles. The lowest BCUT2D eigenvalue weighted by molar-refractivity contribution is -0.126. The second kappa shape index (κ2) is 8.46. The first-order chi connectivity index (χ1) is 11.4. The van der Waals surface area contributed by atoms with E-state index in [2.05, 4.69) is 0 Å². The lowest BCUT2D eigenvalue weighted by atomic mass is 10.2. The zero-order valence-corrected chi connectivity index (χ0v) is 14.6. The second-order valence-electron chi connectivity index (χ2n) is 6.95. The van der Waals surface area contributed by atoms with E-state index in [0.29, 0.717) is 26.3 Å². The van der Waals surface area contributed by atoms with Crippen LogP contribution < -0.4 is 0 Å². The van der Waals surface area contributed by atoms with Crippen LogP contribution in [0.5, 0.6) is 0 Å². The third-order valence-corrected chi connectivity index (χ3v) is 3.50. The Balaban J connectivity index is 1.86. The average molecular weight is 337 g/mol. The number of rotatable bonds is 5. The van der Waals surface area contributed by atoms with Crippen molar-refractivity contribution in [1.29, 1.82) is 0 Å². The molecule has 0 unspecified atom stereocenters. The normalized spacial score (nSPS) is 21.6. The molecule has 0 aliphatic carbocycles. The highest BCUT2D eigenvalue weighted by atomic mass is 16.6. The molecule has 1 aromatic carbocycles. The van der Waals surface area contributed by atoms with Crippen LogP contribution in [0.3, 0.4) is 0 Å². The highest BCUT2D eigenvalue weighted by Gasteiger charge is 2.32. The summed E-state index contributed by atoms with van der Waals surface area (Å²) in [6, 6.07) is 9.86. The smallest absolute Gasteiger partial charge is 0.410 e. The number of nitrogens with zero attached hydrogens (tertiary/aromatic N) is 1. The van der Waals surface area contributed by atoms with Gasteiger partial charge in [0.05, 0.1) is 45.1 Å². The first-order valence-electron chi connectivity index (χ1n) is 8.23. The summed E-state index contributed by atoms with van der Waals surface area (Å²) < 4.78 is 16.9. The molecule has 2 atom stereocenters. The summed E-state index contributed by atoms with van der Waals surface area (Å²) in [5.41, 5.74) is 0.527. The number of aliphatic hydroxyl groups is 1. The van der Waals surface area contributed by atoms with E-state index in [1.807, 2.05) is 51.1 Å². The minimum absolute atomic E-state index is 0.144. The predicted octanol–water partition coefficient (Wildman–Crippen LogP) is 2.20. The van der Waals surface area contributed by atoms with Crippen LogP contribution in [0.2, 0.25) is 0 Å². The highest BCUT2D eigenvalue weighted by molar-refractivity contribution is 5.68. The number of carbonyl (C=O) groups is 1. The Hall–Kier alpha value is -1.63. The van der Waals surface area contributed by atoms with Crippen LogP contribution in [0.25, 0.3) is 0 Å². The molecule has 24 heavy (non-hydrogen) atoms. The van der Waals surface area contributed by atoms with Crippen LogP contribution in [0.1, 0.15) is 26.3 Å². The maximum absolute atomic E-state index is 12.2. The van der Waals surface area contributed by atoms with E-state index in [4.69, 9.17) is 14.2 Å². The number of amides is 1. The third kappa shape index (κ3) is 6.11. The lowest BCUT2D eigenvalue weighted by Gasteiger charge is -2.37. The van der Waals surface area contributed by atoms with Gasteiger partial charge < -0.3 is 24.2 Å². The van der Waals surface area contributed by atoms with Crippen LogP contribution in [0.4, 0.5) is 4.79 Å². The van der Waals surface area contributed by atoms with Gasteiger partial charge in [-0.3, -0.25) is 0 Å². The second-order valence-corrected chi connectivity index (χ2v) is 6.95. The summed E-state index contributed by atoms with van der Waals surface area (Å²) in [6.07, 6.45) is -1.10. The molecule has 1 aromatic rings. The number of hydrogen-bond acceptors (Lipinski definition) is 5. The van der Waals surface area contributed by atoms with E-state index in [1.165, 1.54) is 0 Å². The molecule has 1 heterocycles. The van der Waals surface area contributed by atoms with Crippen molar-refractivity contribution in [2.75, 3.05) is 26.3 Å². The molecule has 0 radical (unpaired) electrons. The third-order valence-electron chi connectivity index (χ3n) is 3.50. The lowest BCUT2D eigenvalue weighted by Crippen LogP contribution is -2.53. The van der Waals surface area contributed by atoms with Gasteiger partial charge in [-0.05, 0) is 26.3 Å².